The van der Waals surface area contributed by atoms with E-state index in [2.05, 4.69) is 0 Å². The first kappa shape index (κ1) is 17.3. The van der Waals surface area contributed by atoms with E-state index in [4.69, 9.17) is 9.47 Å². The largest absolute Gasteiger partial charge is 0.507 e. The van der Waals surface area contributed by atoms with Gasteiger partial charge in [-0.3, -0.25) is 4.79 Å². The Bertz CT molecular complexity index is 715. The average molecular weight is 329 g/mol. The molecule has 0 aromatic heterocycles. The van der Waals surface area contributed by atoms with Gasteiger partial charge in [-0.15, -0.1) is 0 Å². The summed E-state index contributed by atoms with van der Waals surface area (Å²) in [5.41, 5.74) is 0.960. The molecule has 0 heterocycles. The van der Waals surface area contributed by atoms with Crippen LogP contribution in [0.3, 0.4) is 0 Å². The van der Waals surface area contributed by atoms with Crippen LogP contribution in [0.5, 0.6) is 11.5 Å². The third-order valence-electron chi connectivity index (χ3n) is 3.44. The second-order valence-corrected chi connectivity index (χ2v) is 5.19. The van der Waals surface area contributed by atoms with Crippen molar-refractivity contribution in [1.29, 1.82) is 0 Å². The molecule has 0 bridgehead atoms. The Morgan fingerprint density at radius 2 is 1.83 bits per heavy atom. The number of phenolic OH excluding ortho intramolecular Hbond substituents is 1. The van der Waals surface area contributed by atoms with Gasteiger partial charge in [-0.25, -0.2) is 4.79 Å². The maximum Gasteiger partial charge on any atom is 0.342 e. The summed E-state index contributed by atoms with van der Waals surface area (Å²) in [6.07, 6.45) is 0. The molecular formula is C18H19NO5. The Morgan fingerprint density at radius 1 is 1.12 bits per heavy atom. The van der Waals surface area contributed by atoms with E-state index in [1.54, 1.807) is 7.05 Å². The molecule has 0 aliphatic rings. The number of rotatable bonds is 6. The summed E-state index contributed by atoms with van der Waals surface area (Å²) < 4.78 is 9.92. The molecule has 0 saturated carbocycles. The molecule has 24 heavy (non-hydrogen) atoms. The Hall–Kier alpha value is -3.02. The number of carbonyl (C=O) groups is 2. The standard InChI is InChI=1S/C18H19NO5/c1-19(11-13-6-4-3-5-7-13)17(21)12-24-18(22)15-9-8-14(23-2)10-16(15)20/h3-10,20H,11-12H2,1-2H3. The maximum absolute atomic E-state index is 12.0. The molecule has 0 aliphatic carbocycles. The van der Waals surface area contributed by atoms with Crippen molar-refractivity contribution in [3.05, 3.63) is 59.7 Å². The Kier molecular flexibility index (Phi) is 5.78. The first-order valence-electron chi connectivity index (χ1n) is 7.33. The summed E-state index contributed by atoms with van der Waals surface area (Å²) in [5.74, 6) is -0.941. The molecule has 6 nitrogen and oxygen atoms in total. The number of hydrogen-bond donors (Lipinski definition) is 1. The highest BCUT2D eigenvalue weighted by Crippen LogP contribution is 2.23. The molecule has 0 spiro atoms. The number of ether oxygens (including phenoxy) is 2. The Labute approximate surface area is 140 Å². The van der Waals surface area contributed by atoms with Crippen molar-refractivity contribution in [3.8, 4) is 11.5 Å². The number of carbonyl (C=O) groups excluding carboxylic acids is 2. The summed E-state index contributed by atoms with van der Waals surface area (Å²) in [7, 11) is 3.09. The van der Waals surface area contributed by atoms with E-state index in [1.165, 1.54) is 30.2 Å². The van der Waals surface area contributed by atoms with Gasteiger partial charge in [0.15, 0.2) is 6.61 Å². The van der Waals surface area contributed by atoms with Gasteiger partial charge >= 0.3 is 5.97 Å². The van der Waals surface area contributed by atoms with Gasteiger partial charge in [0, 0.05) is 19.7 Å². The van der Waals surface area contributed by atoms with E-state index < -0.39 is 12.6 Å². The molecular weight excluding hydrogens is 310 g/mol. The molecule has 0 unspecified atom stereocenters. The molecule has 2 rings (SSSR count). The molecule has 6 heteroatoms. The van der Waals surface area contributed by atoms with Gasteiger partial charge in [0.2, 0.25) is 0 Å². The van der Waals surface area contributed by atoms with Gasteiger partial charge in [0.25, 0.3) is 5.91 Å². The minimum atomic E-state index is -0.767. The lowest BCUT2D eigenvalue weighted by molar-refractivity contribution is -0.133. The monoisotopic (exact) mass is 329 g/mol. The number of methoxy groups -OCH3 is 1. The number of phenols is 1. The summed E-state index contributed by atoms with van der Waals surface area (Å²) in [5, 5.41) is 9.79. The Morgan fingerprint density at radius 3 is 2.46 bits per heavy atom. The second kappa shape index (κ2) is 8.01. The van der Waals surface area contributed by atoms with Crippen molar-refractivity contribution < 1.29 is 24.2 Å². The van der Waals surface area contributed by atoms with Crippen LogP contribution >= 0.6 is 0 Å². The smallest absolute Gasteiger partial charge is 0.342 e. The van der Waals surface area contributed by atoms with Gasteiger partial charge in [-0.1, -0.05) is 30.3 Å². The number of amides is 1. The third kappa shape index (κ3) is 4.49. The minimum Gasteiger partial charge on any atom is -0.507 e. The van der Waals surface area contributed by atoms with Crippen LogP contribution in [0.15, 0.2) is 48.5 Å². The zero-order chi connectivity index (χ0) is 17.5. The highest BCUT2D eigenvalue weighted by molar-refractivity contribution is 5.94. The van der Waals surface area contributed by atoms with E-state index >= 15 is 0 Å². The molecule has 0 atom stereocenters. The predicted molar refractivity (Wildman–Crippen MR) is 87.9 cm³/mol. The van der Waals surface area contributed by atoms with Crippen molar-refractivity contribution in [1.82, 2.24) is 4.90 Å². The van der Waals surface area contributed by atoms with E-state index in [9.17, 15) is 14.7 Å². The van der Waals surface area contributed by atoms with Crippen molar-refractivity contribution in [3.63, 3.8) is 0 Å². The highest BCUT2D eigenvalue weighted by Gasteiger charge is 2.17. The van der Waals surface area contributed by atoms with E-state index in [0.29, 0.717) is 12.3 Å². The number of hydrogen-bond acceptors (Lipinski definition) is 5. The van der Waals surface area contributed by atoms with Gasteiger partial charge < -0.3 is 19.5 Å². The van der Waals surface area contributed by atoms with Crippen LogP contribution in [0.4, 0.5) is 0 Å². The highest BCUT2D eigenvalue weighted by atomic mass is 16.5. The van der Waals surface area contributed by atoms with Gasteiger partial charge in [0.1, 0.15) is 17.1 Å². The maximum atomic E-state index is 12.0. The molecule has 1 amide bonds. The molecule has 2 aromatic rings. The van der Waals surface area contributed by atoms with Crippen LogP contribution in [0.25, 0.3) is 0 Å². The van der Waals surface area contributed by atoms with Crippen molar-refractivity contribution >= 4 is 11.9 Å². The van der Waals surface area contributed by atoms with Crippen molar-refractivity contribution in [2.45, 2.75) is 6.54 Å². The summed E-state index contributed by atoms with van der Waals surface area (Å²) in [6, 6.07) is 13.7. The number of aromatic hydroxyl groups is 1. The molecule has 0 aliphatic heterocycles. The molecule has 1 N–H and O–H groups in total. The zero-order valence-electron chi connectivity index (χ0n) is 13.6. The number of benzene rings is 2. The normalized spacial score (nSPS) is 10.1. The van der Waals surface area contributed by atoms with Crippen LogP contribution in [-0.2, 0) is 16.1 Å². The second-order valence-electron chi connectivity index (χ2n) is 5.19. The van der Waals surface area contributed by atoms with Crippen LogP contribution in [-0.4, -0.2) is 42.6 Å². The van der Waals surface area contributed by atoms with Crippen LogP contribution in [0, 0.1) is 0 Å². The lowest BCUT2D eigenvalue weighted by atomic mass is 10.2. The zero-order valence-corrected chi connectivity index (χ0v) is 13.6. The molecule has 0 radical (unpaired) electrons. The van der Waals surface area contributed by atoms with E-state index in [-0.39, 0.29) is 17.2 Å². The predicted octanol–water partition coefficient (Wildman–Crippen LogP) is 2.22. The van der Waals surface area contributed by atoms with Gasteiger partial charge in [0.05, 0.1) is 7.11 Å². The first-order valence-corrected chi connectivity index (χ1v) is 7.33. The molecule has 126 valence electrons. The van der Waals surface area contributed by atoms with Gasteiger partial charge in [-0.2, -0.15) is 0 Å². The van der Waals surface area contributed by atoms with E-state index in [1.807, 2.05) is 30.3 Å². The van der Waals surface area contributed by atoms with Crippen LogP contribution < -0.4 is 4.74 Å². The summed E-state index contributed by atoms with van der Waals surface area (Å²) in [6.45, 7) is 0.0264. The summed E-state index contributed by atoms with van der Waals surface area (Å²) >= 11 is 0. The fraction of sp³-hybridized carbons (Fsp3) is 0.222. The first-order chi connectivity index (χ1) is 11.5. The van der Waals surface area contributed by atoms with Crippen molar-refractivity contribution in [2.24, 2.45) is 0 Å². The summed E-state index contributed by atoms with van der Waals surface area (Å²) in [4.78, 5) is 25.5. The van der Waals surface area contributed by atoms with Crippen LogP contribution in [0.2, 0.25) is 0 Å². The van der Waals surface area contributed by atoms with E-state index in [0.717, 1.165) is 5.56 Å². The van der Waals surface area contributed by atoms with Gasteiger partial charge in [-0.05, 0) is 17.7 Å². The lowest BCUT2D eigenvalue weighted by Gasteiger charge is -2.17. The third-order valence-corrected chi connectivity index (χ3v) is 3.44. The molecule has 0 fully saturated rings. The minimum absolute atomic E-state index is 0.0192. The SMILES string of the molecule is COc1ccc(C(=O)OCC(=O)N(C)Cc2ccccc2)c(O)c1. The number of esters is 1. The molecule has 0 saturated heterocycles. The quantitative estimate of drug-likeness (QED) is 0.822. The number of nitrogens with zero attached hydrogens (tertiary/aromatic N) is 1. The Balaban J connectivity index is 1.90. The molecule has 2 aromatic carbocycles. The fourth-order valence-corrected chi connectivity index (χ4v) is 2.07. The fourth-order valence-electron chi connectivity index (χ4n) is 2.07. The number of likely N-dealkylation sites (N-methyl/N-ethyl adjacent to an activating group) is 1. The van der Waals surface area contributed by atoms with Crippen molar-refractivity contribution in [2.75, 3.05) is 20.8 Å². The topological polar surface area (TPSA) is 76.1 Å². The van der Waals surface area contributed by atoms with Crippen LogP contribution in [0.1, 0.15) is 15.9 Å². The average Bonchev–Trinajstić information content (AvgIpc) is 2.60. The lowest BCUT2D eigenvalue weighted by Crippen LogP contribution is -2.30.